The molecule has 1 aromatic heterocycles. The van der Waals surface area contributed by atoms with Gasteiger partial charge < -0.3 is 52.2 Å². The molecule has 7 atom stereocenters. The van der Waals surface area contributed by atoms with Crippen LogP contribution in [0.4, 0.5) is 0 Å². The lowest BCUT2D eigenvalue weighted by Gasteiger charge is -2.31. The van der Waals surface area contributed by atoms with Gasteiger partial charge in [0.25, 0.3) is 0 Å². The summed E-state index contributed by atoms with van der Waals surface area (Å²) >= 11 is 0. The van der Waals surface area contributed by atoms with E-state index in [-0.39, 0.29) is 18.8 Å². The molecular weight excluding hydrogens is 903 g/mol. The molecule has 19 heteroatoms. The molecule has 1 aliphatic carbocycles. The Morgan fingerprint density at radius 2 is 1.17 bits per heavy atom. The van der Waals surface area contributed by atoms with Crippen molar-refractivity contribution < 1.29 is 58.5 Å². The van der Waals surface area contributed by atoms with Gasteiger partial charge in [0.05, 0.1) is 6.42 Å². The van der Waals surface area contributed by atoms with E-state index in [1.165, 1.54) is 6.92 Å². The Morgan fingerprint density at radius 3 is 1.74 bits per heavy atom. The smallest absolute Gasteiger partial charge is 0.326 e. The molecular formula is C51H63N7O12. The van der Waals surface area contributed by atoms with Crippen LogP contribution in [0.5, 0.6) is 0 Å². The molecule has 0 unspecified atom stereocenters. The number of H-pyrrole nitrogens is 1. The Kier molecular flexibility index (Phi) is 18.8. The lowest BCUT2D eigenvalue weighted by molar-refractivity contribution is -0.142. The van der Waals surface area contributed by atoms with Gasteiger partial charge in [-0.15, -0.1) is 0 Å². The summed E-state index contributed by atoms with van der Waals surface area (Å²) in [5.74, 6) is -11.0. The molecule has 0 aliphatic heterocycles. The van der Waals surface area contributed by atoms with Gasteiger partial charge in [0, 0.05) is 42.8 Å². The molecule has 0 saturated heterocycles. The highest BCUT2D eigenvalue weighted by Gasteiger charge is 2.39. The summed E-state index contributed by atoms with van der Waals surface area (Å²) in [5, 5.41) is 45.7. The molecule has 19 nitrogen and oxygen atoms in total. The quantitative estimate of drug-likeness (QED) is 0.0485. The van der Waals surface area contributed by atoms with Crippen molar-refractivity contribution in [3.8, 4) is 0 Å². The van der Waals surface area contributed by atoms with Crippen LogP contribution in [0.25, 0.3) is 10.9 Å². The topological polar surface area (TPSA) is 302 Å². The largest absolute Gasteiger partial charge is 0.481 e. The number of fused-ring (bicyclic) bond motifs is 3. The fourth-order valence-electron chi connectivity index (χ4n) is 8.81. The molecule has 1 aliphatic rings. The summed E-state index contributed by atoms with van der Waals surface area (Å²) in [6.07, 6.45) is 1.02. The lowest BCUT2D eigenvalue weighted by Crippen LogP contribution is -2.61. The zero-order valence-corrected chi connectivity index (χ0v) is 39.9. The number of para-hydroxylation sites is 1. The highest BCUT2D eigenvalue weighted by Crippen LogP contribution is 2.37. The van der Waals surface area contributed by atoms with E-state index in [1.807, 2.05) is 60.7 Å². The Morgan fingerprint density at radius 1 is 0.629 bits per heavy atom. The van der Waals surface area contributed by atoms with Crippen LogP contribution >= 0.6 is 0 Å². The number of carboxylic acid groups (broad SMARTS) is 3. The lowest BCUT2D eigenvalue weighted by atomic mass is 9.82. The average Bonchev–Trinajstić information content (AvgIpc) is 3.64. The molecule has 0 radical (unpaired) electrons. The first-order valence-electron chi connectivity index (χ1n) is 23.4. The molecule has 374 valence electrons. The average molecular weight is 966 g/mol. The minimum absolute atomic E-state index is 0.0108. The van der Waals surface area contributed by atoms with Gasteiger partial charge in [-0.2, -0.15) is 0 Å². The molecule has 1 heterocycles. The Bertz CT molecular complexity index is 2530. The van der Waals surface area contributed by atoms with Crippen LogP contribution in [0, 0.1) is 11.8 Å². The maximum Gasteiger partial charge on any atom is 0.326 e. The number of amides is 6. The number of carboxylic acids is 3. The number of benzene rings is 3. The molecule has 0 bridgehead atoms. The molecule has 0 saturated carbocycles. The number of carbonyl (C=O) groups excluding carboxylic acids is 6. The number of carbonyl (C=O) groups is 9. The highest BCUT2D eigenvalue weighted by molar-refractivity contribution is 5.98. The van der Waals surface area contributed by atoms with Crippen LogP contribution in [-0.2, 0) is 62.4 Å². The van der Waals surface area contributed by atoms with Gasteiger partial charge in [-0.3, -0.25) is 38.4 Å². The minimum atomic E-state index is -1.86. The number of aryl methyl sites for hydroxylation is 2. The molecule has 70 heavy (non-hydrogen) atoms. The number of hydrogen-bond donors (Lipinski definition) is 10. The zero-order chi connectivity index (χ0) is 51.2. The summed E-state index contributed by atoms with van der Waals surface area (Å²) in [5.41, 5.74) is 4.95. The normalized spacial score (nSPS) is 15.2. The van der Waals surface area contributed by atoms with E-state index >= 15 is 0 Å². The second-order valence-corrected chi connectivity index (χ2v) is 18.2. The highest BCUT2D eigenvalue weighted by atomic mass is 16.4. The molecule has 6 amide bonds. The van der Waals surface area contributed by atoms with Crippen molar-refractivity contribution >= 4 is 64.3 Å². The molecule has 0 fully saturated rings. The maximum atomic E-state index is 14.5. The Hall–Kier alpha value is -7.57. The van der Waals surface area contributed by atoms with Crippen LogP contribution < -0.4 is 31.9 Å². The van der Waals surface area contributed by atoms with Gasteiger partial charge in [0.2, 0.25) is 35.4 Å². The van der Waals surface area contributed by atoms with Gasteiger partial charge in [-0.05, 0) is 71.4 Å². The zero-order valence-electron chi connectivity index (χ0n) is 39.9. The molecule has 10 N–H and O–H groups in total. The second-order valence-electron chi connectivity index (χ2n) is 18.2. The maximum absolute atomic E-state index is 14.5. The molecule has 5 rings (SSSR count). The van der Waals surface area contributed by atoms with E-state index in [9.17, 15) is 58.5 Å². The van der Waals surface area contributed by atoms with Crippen molar-refractivity contribution in [2.24, 2.45) is 11.8 Å². The van der Waals surface area contributed by atoms with Crippen molar-refractivity contribution in [1.82, 2.24) is 36.9 Å². The van der Waals surface area contributed by atoms with Crippen LogP contribution in [0.3, 0.4) is 0 Å². The number of hydrogen-bond acceptors (Lipinski definition) is 9. The van der Waals surface area contributed by atoms with E-state index in [1.54, 1.807) is 46.0 Å². The molecule has 0 spiro atoms. The van der Waals surface area contributed by atoms with Crippen molar-refractivity contribution in [2.45, 2.75) is 128 Å². The SMILES string of the molecule is CC[C@H](C)[C@H](NC(=O)[C@H](CCC(=O)O)NC(=O)[C@H](CC(=O)O)NC(=O)[C@H](CC(C)C)NC(=O)[C@H](NC(C)=O)C1c2ccccc2CCc2ccccc21)C(=O)N[C@@H](Cc1c[nH]c2ccccc12)C(=O)O. The van der Waals surface area contributed by atoms with E-state index in [2.05, 4.69) is 36.9 Å². The third-order valence-electron chi connectivity index (χ3n) is 12.6. The van der Waals surface area contributed by atoms with E-state index in [4.69, 9.17) is 0 Å². The number of aromatic nitrogens is 1. The predicted molar refractivity (Wildman–Crippen MR) is 257 cm³/mol. The number of nitrogens with one attached hydrogen (secondary N) is 7. The monoisotopic (exact) mass is 965 g/mol. The molecule has 3 aromatic carbocycles. The first-order chi connectivity index (χ1) is 33.3. The summed E-state index contributed by atoms with van der Waals surface area (Å²) in [7, 11) is 0. The summed E-state index contributed by atoms with van der Waals surface area (Å²) in [4.78, 5) is 123. The standard InChI is InChI=1S/C51H63N7O12/c1-6-28(4)44(49(67)57-40(51(69)70)24-32-26-52-36-18-12-11-15-33(32)36)58-46(64)37(21-22-41(60)61)54-48(66)39(25-42(62)63)55-47(65)38(23-27(2)3)56-50(68)45(53-29(5)59)43-34-16-9-7-13-30(34)19-20-31-14-8-10-17-35(31)43/h7-18,26-28,37-40,43-45,52H,6,19-25H2,1-5H3,(H,53,59)(H,54,66)(H,55,65)(H,56,68)(H,57,67)(H,58,64)(H,60,61)(H,62,63)(H,69,70)/t28-,37-,38-,39-,40-,44-,45+/m0/s1. The Labute approximate surface area is 405 Å². The van der Waals surface area contributed by atoms with Crippen LogP contribution in [-0.4, -0.2) is 110 Å². The van der Waals surface area contributed by atoms with Crippen molar-refractivity contribution in [2.75, 3.05) is 0 Å². The number of rotatable bonds is 24. The van der Waals surface area contributed by atoms with Gasteiger partial charge in [0.15, 0.2) is 0 Å². The molecule has 4 aromatic rings. The first-order valence-corrected chi connectivity index (χ1v) is 23.4. The minimum Gasteiger partial charge on any atom is -0.481 e. The van der Waals surface area contributed by atoms with Gasteiger partial charge in [0.1, 0.15) is 36.3 Å². The fourth-order valence-corrected chi connectivity index (χ4v) is 8.81. The van der Waals surface area contributed by atoms with E-state index in [0.29, 0.717) is 24.8 Å². The second kappa shape index (κ2) is 24.6. The number of aromatic amines is 1. The predicted octanol–water partition coefficient (Wildman–Crippen LogP) is 3.09. The summed E-state index contributed by atoms with van der Waals surface area (Å²) < 4.78 is 0. The fraction of sp³-hybridized carbons (Fsp3) is 0.431. The van der Waals surface area contributed by atoms with Crippen molar-refractivity contribution in [1.29, 1.82) is 0 Å². The Balaban J connectivity index is 1.36. The van der Waals surface area contributed by atoms with Gasteiger partial charge in [-0.25, -0.2) is 4.79 Å². The van der Waals surface area contributed by atoms with Crippen molar-refractivity contribution in [3.05, 3.63) is 107 Å². The van der Waals surface area contributed by atoms with Crippen LogP contribution in [0.15, 0.2) is 79.0 Å². The third-order valence-corrected chi connectivity index (χ3v) is 12.6. The summed E-state index contributed by atoms with van der Waals surface area (Å²) in [6, 6.07) is 13.4. The van der Waals surface area contributed by atoms with Crippen molar-refractivity contribution in [3.63, 3.8) is 0 Å². The van der Waals surface area contributed by atoms with Gasteiger partial charge in [-0.1, -0.05) is 101 Å². The van der Waals surface area contributed by atoms with E-state index < -0.39 is 121 Å². The van der Waals surface area contributed by atoms with E-state index in [0.717, 1.165) is 33.2 Å². The van der Waals surface area contributed by atoms with Crippen LogP contribution in [0.1, 0.15) is 100 Å². The first kappa shape index (κ1) is 53.4. The van der Waals surface area contributed by atoms with Gasteiger partial charge >= 0.3 is 17.9 Å². The number of aliphatic carboxylic acids is 3. The summed E-state index contributed by atoms with van der Waals surface area (Å²) in [6.45, 7) is 8.18. The third kappa shape index (κ3) is 14.2. The van der Waals surface area contributed by atoms with Crippen LogP contribution in [0.2, 0.25) is 0 Å².